The van der Waals surface area contributed by atoms with E-state index >= 15 is 0 Å². The normalized spacial score (nSPS) is 10.4. The van der Waals surface area contributed by atoms with Gasteiger partial charge in [0.1, 0.15) is 16.7 Å². The molecule has 0 saturated heterocycles. The molecule has 3 nitrogen and oxygen atoms in total. The molecule has 2 aromatic rings. The molecule has 0 spiro atoms. The van der Waals surface area contributed by atoms with Gasteiger partial charge in [-0.15, -0.1) is 0 Å². The van der Waals surface area contributed by atoms with Crippen molar-refractivity contribution < 1.29 is 0 Å². The van der Waals surface area contributed by atoms with Gasteiger partial charge in [0.2, 0.25) is 0 Å². The molecule has 16 heavy (non-hydrogen) atoms. The van der Waals surface area contributed by atoms with Crippen molar-refractivity contribution in [2.75, 3.05) is 5.73 Å². The first-order valence-corrected chi connectivity index (χ1v) is 5.45. The number of nitrogens with zero attached hydrogens (tertiary/aromatic N) is 2. The molecule has 0 aliphatic rings. The molecule has 2 rings (SSSR count). The molecule has 82 valence electrons. The molecule has 0 aliphatic heterocycles. The van der Waals surface area contributed by atoms with E-state index in [9.17, 15) is 0 Å². The van der Waals surface area contributed by atoms with Crippen LogP contribution in [0.5, 0.6) is 0 Å². The first-order chi connectivity index (χ1) is 7.59. The van der Waals surface area contributed by atoms with Crippen molar-refractivity contribution in [2.45, 2.75) is 0 Å². The summed E-state index contributed by atoms with van der Waals surface area (Å²) in [6.45, 7) is 0. The van der Waals surface area contributed by atoms with Gasteiger partial charge in [0.05, 0.1) is 16.2 Å². The summed E-state index contributed by atoms with van der Waals surface area (Å²) >= 11 is 17.7. The number of anilines is 1. The number of hydrogen-bond donors (Lipinski definition) is 1. The maximum Gasteiger partial charge on any atom is 0.150 e. The molecule has 0 fully saturated rings. The van der Waals surface area contributed by atoms with Crippen LogP contribution in [0.1, 0.15) is 0 Å². The molecular weight excluding hydrogens is 268 g/mol. The van der Waals surface area contributed by atoms with Crippen LogP contribution in [0.3, 0.4) is 0 Å². The van der Waals surface area contributed by atoms with Crippen LogP contribution in [0.15, 0.2) is 24.4 Å². The molecule has 0 amide bonds. The van der Waals surface area contributed by atoms with Crippen LogP contribution < -0.4 is 5.73 Å². The van der Waals surface area contributed by atoms with E-state index in [1.54, 1.807) is 18.2 Å². The van der Waals surface area contributed by atoms with Crippen molar-refractivity contribution in [1.82, 2.24) is 9.97 Å². The Kier molecular flexibility index (Phi) is 3.19. The lowest BCUT2D eigenvalue weighted by molar-refractivity contribution is 1.21. The molecule has 1 heterocycles. The Bertz CT molecular complexity index is 543. The van der Waals surface area contributed by atoms with E-state index < -0.39 is 0 Å². The highest BCUT2D eigenvalue weighted by molar-refractivity contribution is 6.43. The van der Waals surface area contributed by atoms with Crippen LogP contribution in [0.2, 0.25) is 15.2 Å². The molecule has 0 saturated carbocycles. The van der Waals surface area contributed by atoms with Crippen LogP contribution in [-0.4, -0.2) is 9.97 Å². The number of aromatic nitrogens is 2. The van der Waals surface area contributed by atoms with Crippen molar-refractivity contribution in [2.24, 2.45) is 0 Å². The van der Waals surface area contributed by atoms with E-state index in [2.05, 4.69) is 9.97 Å². The monoisotopic (exact) mass is 273 g/mol. The molecular formula is C10H6Cl3N3. The van der Waals surface area contributed by atoms with E-state index in [4.69, 9.17) is 40.5 Å². The van der Waals surface area contributed by atoms with E-state index in [-0.39, 0.29) is 11.0 Å². The summed E-state index contributed by atoms with van der Waals surface area (Å²) in [6, 6.07) is 5.19. The predicted octanol–water partition coefficient (Wildman–Crippen LogP) is 3.69. The molecule has 2 N–H and O–H groups in total. The van der Waals surface area contributed by atoms with Crippen molar-refractivity contribution in [1.29, 1.82) is 0 Å². The Morgan fingerprint density at radius 2 is 1.88 bits per heavy atom. The fraction of sp³-hybridized carbons (Fsp3) is 0. The smallest absolute Gasteiger partial charge is 0.150 e. The van der Waals surface area contributed by atoms with Gasteiger partial charge in [0.15, 0.2) is 0 Å². The molecule has 6 heteroatoms. The number of nitrogens with two attached hydrogens (primary N) is 1. The first-order valence-electron chi connectivity index (χ1n) is 4.32. The second kappa shape index (κ2) is 4.45. The van der Waals surface area contributed by atoms with Crippen LogP contribution in [0.25, 0.3) is 11.3 Å². The zero-order valence-corrected chi connectivity index (χ0v) is 10.2. The van der Waals surface area contributed by atoms with Crippen molar-refractivity contribution in [3.05, 3.63) is 39.6 Å². The Hall–Kier alpha value is -1.03. The standard InChI is InChI=1S/C10H6Cl3N3/c11-6-3-1-2-5(8(6)13)9-10(14)15-4-7(12)16-9/h1-4H,(H2,14,15). The highest BCUT2D eigenvalue weighted by Crippen LogP contribution is 2.34. The van der Waals surface area contributed by atoms with Crippen LogP contribution in [-0.2, 0) is 0 Å². The van der Waals surface area contributed by atoms with Gasteiger partial charge in [0, 0.05) is 5.56 Å². The van der Waals surface area contributed by atoms with Crippen LogP contribution in [0, 0.1) is 0 Å². The van der Waals surface area contributed by atoms with Gasteiger partial charge in [-0.1, -0.05) is 46.9 Å². The number of nitrogen functional groups attached to an aromatic ring is 1. The highest BCUT2D eigenvalue weighted by Gasteiger charge is 2.12. The largest absolute Gasteiger partial charge is 0.382 e. The van der Waals surface area contributed by atoms with Gasteiger partial charge in [0.25, 0.3) is 0 Å². The average Bonchev–Trinajstić information content (AvgIpc) is 2.26. The van der Waals surface area contributed by atoms with E-state index in [0.717, 1.165) is 0 Å². The lowest BCUT2D eigenvalue weighted by Crippen LogP contribution is -1.97. The van der Waals surface area contributed by atoms with Crippen molar-refractivity contribution in [3.8, 4) is 11.3 Å². The van der Waals surface area contributed by atoms with Gasteiger partial charge in [-0.05, 0) is 6.07 Å². The Morgan fingerprint density at radius 3 is 2.62 bits per heavy atom. The second-order valence-corrected chi connectivity index (χ2v) is 4.20. The maximum atomic E-state index is 6.05. The fourth-order valence-electron chi connectivity index (χ4n) is 1.26. The first kappa shape index (κ1) is 11.5. The van der Waals surface area contributed by atoms with Gasteiger partial charge >= 0.3 is 0 Å². The topological polar surface area (TPSA) is 51.8 Å². The summed E-state index contributed by atoms with van der Waals surface area (Å²) in [4.78, 5) is 7.99. The molecule has 1 aromatic carbocycles. The Balaban J connectivity index is 2.67. The minimum Gasteiger partial charge on any atom is -0.382 e. The maximum absolute atomic E-state index is 6.05. The second-order valence-electron chi connectivity index (χ2n) is 3.03. The van der Waals surface area contributed by atoms with Crippen LogP contribution >= 0.6 is 34.8 Å². The minimum atomic E-state index is 0.250. The van der Waals surface area contributed by atoms with Gasteiger partial charge in [-0.2, -0.15) is 0 Å². The third kappa shape index (κ3) is 2.07. The van der Waals surface area contributed by atoms with Gasteiger partial charge in [-0.3, -0.25) is 0 Å². The zero-order valence-electron chi connectivity index (χ0n) is 7.92. The number of halogens is 3. The summed E-state index contributed by atoms with van der Waals surface area (Å²) < 4.78 is 0. The molecule has 0 atom stereocenters. The van der Waals surface area contributed by atoms with E-state index in [0.29, 0.717) is 21.3 Å². The molecule has 1 aromatic heterocycles. The summed E-state index contributed by atoms with van der Waals surface area (Å²) in [6.07, 6.45) is 1.37. The van der Waals surface area contributed by atoms with Gasteiger partial charge < -0.3 is 5.73 Å². The summed E-state index contributed by atoms with van der Waals surface area (Å²) in [5.74, 6) is 0.258. The zero-order chi connectivity index (χ0) is 11.7. The van der Waals surface area contributed by atoms with Crippen molar-refractivity contribution >= 4 is 40.6 Å². The van der Waals surface area contributed by atoms with Crippen LogP contribution in [0.4, 0.5) is 5.82 Å². The fourth-order valence-corrected chi connectivity index (χ4v) is 1.79. The van der Waals surface area contributed by atoms with E-state index in [1.807, 2.05) is 0 Å². The van der Waals surface area contributed by atoms with Gasteiger partial charge in [-0.25, -0.2) is 9.97 Å². The molecule has 0 aliphatic carbocycles. The quantitative estimate of drug-likeness (QED) is 0.863. The summed E-state index contributed by atoms with van der Waals surface area (Å²) in [5, 5.41) is 1.06. The highest BCUT2D eigenvalue weighted by atomic mass is 35.5. The third-order valence-corrected chi connectivity index (χ3v) is 2.98. The van der Waals surface area contributed by atoms with Crippen molar-refractivity contribution in [3.63, 3.8) is 0 Å². The number of hydrogen-bond acceptors (Lipinski definition) is 3. The molecule has 0 bridgehead atoms. The number of rotatable bonds is 1. The lowest BCUT2D eigenvalue weighted by atomic mass is 10.1. The number of benzene rings is 1. The Morgan fingerprint density at radius 1 is 1.12 bits per heavy atom. The summed E-state index contributed by atoms with van der Waals surface area (Å²) in [7, 11) is 0. The predicted molar refractivity (Wildman–Crippen MR) is 66.9 cm³/mol. The molecule has 0 radical (unpaired) electrons. The summed E-state index contributed by atoms with van der Waals surface area (Å²) in [5.41, 5.74) is 6.75. The third-order valence-electron chi connectivity index (χ3n) is 1.98. The lowest BCUT2D eigenvalue weighted by Gasteiger charge is -2.07. The average molecular weight is 275 g/mol. The Labute approximate surface area is 107 Å². The minimum absolute atomic E-state index is 0.250. The van der Waals surface area contributed by atoms with E-state index in [1.165, 1.54) is 6.20 Å². The molecule has 0 unspecified atom stereocenters. The SMILES string of the molecule is Nc1ncc(Cl)nc1-c1cccc(Cl)c1Cl.